The second-order valence-corrected chi connectivity index (χ2v) is 11.3. The van der Waals surface area contributed by atoms with Crippen molar-refractivity contribution in [2.75, 3.05) is 13.2 Å². The molecule has 174 valence electrons. The summed E-state index contributed by atoms with van der Waals surface area (Å²) in [5.74, 6) is 0. The second-order valence-electron chi connectivity index (χ2n) is 8.60. The molecule has 0 radical (unpaired) electrons. The molecule has 0 amide bonds. The summed E-state index contributed by atoms with van der Waals surface area (Å²) in [5.41, 5.74) is 3.05. The Bertz CT molecular complexity index is 1030. The van der Waals surface area contributed by atoms with E-state index in [0.717, 1.165) is 13.0 Å². The minimum absolute atomic E-state index is 0.178. The van der Waals surface area contributed by atoms with Gasteiger partial charge in [-0.05, 0) is 48.3 Å². The van der Waals surface area contributed by atoms with Gasteiger partial charge >= 0.3 is 0 Å². The Morgan fingerprint density at radius 1 is 0.676 bits per heavy atom. The number of nitrogens with one attached hydrogen (secondary N) is 1. The Labute approximate surface area is 205 Å². The predicted molar refractivity (Wildman–Crippen MR) is 146 cm³/mol. The molecule has 0 aliphatic rings. The first-order valence-corrected chi connectivity index (χ1v) is 13.5. The fraction of sp³-hybridized carbons (Fsp3) is 0.226. The van der Waals surface area contributed by atoms with Gasteiger partial charge in [0.25, 0.3) is 0 Å². The summed E-state index contributed by atoms with van der Waals surface area (Å²) in [6, 6.07) is 43.2. The van der Waals surface area contributed by atoms with Gasteiger partial charge in [-0.15, -0.1) is 0 Å². The maximum absolute atomic E-state index is 6.12. The van der Waals surface area contributed by atoms with E-state index in [9.17, 15) is 0 Å². The van der Waals surface area contributed by atoms with Gasteiger partial charge in [0.05, 0.1) is 19.3 Å². The molecule has 3 heteroatoms. The van der Waals surface area contributed by atoms with Crippen LogP contribution < -0.4 is 15.9 Å². The van der Waals surface area contributed by atoms with E-state index in [1.807, 2.05) is 6.07 Å². The molecule has 0 saturated carbocycles. The van der Waals surface area contributed by atoms with Crippen molar-refractivity contribution in [1.82, 2.24) is 5.32 Å². The smallest absolute Gasteiger partial charge is 0.0717 e. The quantitative estimate of drug-likeness (QED) is 0.242. The van der Waals surface area contributed by atoms with E-state index >= 15 is 0 Å². The van der Waals surface area contributed by atoms with Crippen LogP contribution in [-0.2, 0) is 11.3 Å². The Morgan fingerprint density at radius 2 is 1.18 bits per heavy atom. The van der Waals surface area contributed by atoms with Crippen LogP contribution in [0.5, 0.6) is 0 Å². The van der Waals surface area contributed by atoms with E-state index < -0.39 is 7.92 Å². The molecule has 4 aromatic rings. The van der Waals surface area contributed by atoms with Crippen molar-refractivity contribution in [1.29, 1.82) is 0 Å². The topological polar surface area (TPSA) is 21.3 Å². The lowest BCUT2D eigenvalue weighted by Gasteiger charge is -2.27. The number of hydrogen-bond acceptors (Lipinski definition) is 2. The molecule has 0 aliphatic carbocycles. The zero-order chi connectivity index (χ0) is 23.4. The van der Waals surface area contributed by atoms with Crippen LogP contribution in [0.3, 0.4) is 0 Å². The van der Waals surface area contributed by atoms with Crippen LogP contribution in [0.2, 0.25) is 0 Å². The van der Waals surface area contributed by atoms with Gasteiger partial charge in [0.2, 0.25) is 0 Å². The molecule has 2 atom stereocenters. The largest absolute Gasteiger partial charge is 0.375 e. The molecule has 0 saturated heterocycles. The first-order valence-electron chi connectivity index (χ1n) is 12.1. The molecule has 34 heavy (non-hydrogen) atoms. The summed E-state index contributed by atoms with van der Waals surface area (Å²) in [7, 11) is -0.410. The highest BCUT2D eigenvalue weighted by molar-refractivity contribution is 7.73. The van der Waals surface area contributed by atoms with Gasteiger partial charge in [0, 0.05) is 0 Å². The summed E-state index contributed by atoms with van der Waals surface area (Å²) in [4.78, 5) is 0. The molecule has 0 fully saturated rings. The van der Waals surface area contributed by atoms with Crippen LogP contribution in [-0.4, -0.2) is 18.8 Å². The third-order valence-electron chi connectivity index (χ3n) is 6.06. The second kappa shape index (κ2) is 13.2. The minimum atomic E-state index is -0.410. The van der Waals surface area contributed by atoms with Gasteiger partial charge in [-0.1, -0.05) is 128 Å². The lowest BCUT2D eigenvalue weighted by atomic mass is 10.1. The zero-order valence-electron chi connectivity index (χ0n) is 19.9. The lowest BCUT2D eigenvalue weighted by molar-refractivity contribution is 0.0985. The molecule has 1 N–H and O–H groups in total. The third-order valence-corrected chi connectivity index (χ3v) is 8.91. The summed E-state index contributed by atoms with van der Waals surface area (Å²) >= 11 is 0. The normalized spacial score (nSPS) is 13.0. The van der Waals surface area contributed by atoms with Gasteiger partial charge in [-0.3, -0.25) is 0 Å². The van der Waals surface area contributed by atoms with Gasteiger partial charge < -0.3 is 10.1 Å². The molecule has 0 bridgehead atoms. The lowest BCUT2D eigenvalue weighted by Crippen LogP contribution is -2.29. The molecule has 0 unspecified atom stereocenters. The molecule has 0 spiro atoms. The van der Waals surface area contributed by atoms with Crippen LogP contribution in [0, 0.1) is 0 Å². The highest BCUT2D eigenvalue weighted by Crippen LogP contribution is 2.40. The number of benzene rings is 4. The predicted octanol–water partition coefficient (Wildman–Crippen LogP) is 6.45. The summed E-state index contributed by atoms with van der Waals surface area (Å²) < 4.78 is 6.12. The molecular weight excluding hydrogens is 433 g/mol. The van der Waals surface area contributed by atoms with E-state index in [2.05, 4.69) is 128 Å². The van der Waals surface area contributed by atoms with E-state index in [1.54, 1.807) is 0 Å². The zero-order valence-corrected chi connectivity index (χ0v) is 20.8. The highest BCUT2D eigenvalue weighted by Gasteiger charge is 2.21. The average Bonchev–Trinajstić information content (AvgIpc) is 2.90. The molecular formula is C31H34NOP. The van der Waals surface area contributed by atoms with Crippen molar-refractivity contribution in [2.24, 2.45) is 0 Å². The SMILES string of the molecule is C[C@@H](CCN[C@H](COCc1ccccc1)c1ccccc1)P(c1ccccc1)c1ccccc1. The van der Waals surface area contributed by atoms with E-state index in [4.69, 9.17) is 4.74 Å². The molecule has 0 heterocycles. The third kappa shape index (κ3) is 7.11. The van der Waals surface area contributed by atoms with Gasteiger partial charge in [-0.25, -0.2) is 0 Å². The number of hydrogen-bond donors (Lipinski definition) is 1. The van der Waals surface area contributed by atoms with E-state index in [0.29, 0.717) is 18.9 Å². The van der Waals surface area contributed by atoms with Crippen LogP contribution in [0.4, 0.5) is 0 Å². The first kappa shape index (κ1) is 24.4. The fourth-order valence-electron chi connectivity index (χ4n) is 4.26. The molecule has 4 rings (SSSR count). The van der Waals surface area contributed by atoms with Crippen molar-refractivity contribution in [3.05, 3.63) is 132 Å². The minimum Gasteiger partial charge on any atom is -0.375 e. The molecule has 4 aromatic carbocycles. The summed E-state index contributed by atoms with van der Waals surface area (Å²) in [5, 5.41) is 6.69. The number of ether oxygens (including phenoxy) is 1. The van der Waals surface area contributed by atoms with Crippen LogP contribution in [0.1, 0.15) is 30.5 Å². The summed E-state index contributed by atoms with van der Waals surface area (Å²) in [6.07, 6.45) is 1.11. The molecule has 0 aromatic heterocycles. The fourth-order valence-corrected chi connectivity index (χ4v) is 6.95. The van der Waals surface area contributed by atoms with Crippen molar-refractivity contribution >= 4 is 18.5 Å². The Balaban J connectivity index is 1.39. The Kier molecular flexibility index (Phi) is 9.46. The summed E-state index contributed by atoms with van der Waals surface area (Å²) in [6.45, 7) is 4.64. The van der Waals surface area contributed by atoms with Crippen LogP contribution >= 0.6 is 7.92 Å². The monoisotopic (exact) mass is 467 g/mol. The van der Waals surface area contributed by atoms with Crippen molar-refractivity contribution in [3.8, 4) is 0 Å². The maximum Gasteiger partial charge on any atom is 0.0717 e. The highest BCUT2D eigenvalue weighted by atomic mass is 31.1. The average molecular weight is 468 g/mol. The Morgan fingerprint density at radius 3 is 1.74 bits per heavy atom. The Hall–Kier alpha value is -2.77. The van der Waals surface area contributed by atoms with Crippen molar-refractivity contribution in [3.63, 3.8) is 0 Å². The first-order chi connectivity index (χ1) is 16.8. The van der Waals surface area contributed by atoms with Gasteiger partial charge in [0.1, 0.15) is 0 Å². The van der Waals surface area contributed by atoms with Crippen LogP contribution in [0.25, 0.3) is 0 Å². The van der Waals surface area contributed by atoms with Gasteiger partial charge in [0.15, 0.2) is 0 Å². The number of rotatable bonds is 12. The standard InChI is InChI=1S/C31H34NOP/c1-26(34(29-18-10-4-11-19-29)30-20-12-5-13-21-30)22-23-32-31(28-16-8-3-9-17-28)25-33-24-27-14-6-2-7-15-27/h2-21,26,31-32H,22-25H2,1H3/t26-,31+/m0/s1. The molecule has 2 nitrogen and oxygen atoms in total. The maximum atomic E-state index is 6.12. The van der Waals surface area contributed by atoms with Crippen molar-refractivity contribution in [2.45, 2.75) is 31.7 Å². The van der Waals surface area contributed by atoms with E-state index in [1.165, 1.54) is 21.7 Å². The van der Waals surface area contributed by atoms with Gasteiger partial charge in [-0.2, -0.15) is 0 Å². The van der Waals surface area contributed by atoms with E-state index in [-0.39, 0.29) is 6.04 Å². The molecule has 0 aliphatic heterocycles. The van der Waals surface area contributed by atoms with Crippen LogP contribution in [0.15, 0.2) is 121 Å². The van der Waals surface area contributed by atoms with Crippen molar-refractivity contribution < 1.29 is 4.74 Å².